The molecule has 0 aromatic rings. The Labute approximate surface area is 122 Å². The number of hydrogen-bond donors (Lipinski definition) is 3. The first-order valence-corrected chi connectivity index (χ1v) is 6.29. The molecule has 0 radical (unpaired) electrons. The summed E-state index contributed by atoms with van der Waals surface area (Å²) < 4.78 is 8.77. The third kappa shape index (κ3) is 8.58. The summed E-state index contributed by atoms with van der Waals surface area (Å²) in [4.78, 5) is 44.9. The van der Waals surface area contributed by atoms with Crippen LogP contribution in [-0.2, 0) is 28.7 Å². The minimum Gasteiger partial charge on any atom is -0.468 e. The van der Waals surface area contributed by atoms with E-state index in [0.717, 1.165) is 0 Å². The third-order valence-corrected chi connectivity index (χ3v) is 2.62. The Morgan fingerprint density at radius 2 is 1.48 bits per heavy atom. The van der Waals surface area contributed by atoms with Crippen LogP contribution < -0.4 is 16.0 Å². The molecule has 0 aromatic carbocycles. The van der Waals surface area contributed by atoms with Gasteiger partial charge in [0.25, 0.3) is 0 Å². The highest BCUT2D eigenvalue weighted by Gasteiger charge is 2.18. The Kier molecular flexibility index (Phi) is 9.52. The van der Waals surface area contributed by atoms with Crippen LogP contribution in [0, 0.1) is 0 Å². The molecule has 0 aliphatic carbocycles. The Balaban J connectivity index is 4.07. The fraction of sp³-hybridized carbons (Fsp3) is 0.667. The molecule has 0 aromatic heterocycles. The number of amides is 2. The lowest BCUT2D eigenvalue weighted by Crippen LogP contribution is -2.45. The first kappa shape index (κ1) is 18.8. The van der Waals surface area contributed by atoms with Gasteiger partial charge in [0.05, 0.1) is 20.3 Å². The minimum absolute atomic E-state index is 0.0497. The van der Waals surface area contributed by atoms with E-state index >= 15 is 0 Å². The largest absolute Gasteiger partial charge is 0.468 e. The van der Waals surface area contributed by atoms with E-state index < -0.39 is 23.9 Å². The highest BCUT2D eigenvalue weighted by molar-refractivity contribution is 5.86. The Morgan fingerprint density at radius 1 is 0.952 bits per heavy atom. The molecule has 3 N–H and O–H groups in total. The predicted octanol–water partition coefficient (Wildman–Crippen LogP) is -2.07. The summed E-state index contributed by atoms with van der Waals surface area (Å²) in [6, 6.07) is -0.626. The van der Waals surface area contributed by atoms with Crippen LogP contribution >= 0.6 is 0 Å². The van der Waals surface area contributed by atoms with Crippen molar-refractivity contribution >= 4 is 23.8 Å². The standard InChI is InChI=1S/C12H21N3O6/c1-13-8(12(19)15-7-11(18)21-3)4-5-9(16)14-6-10(17)20-2/h8,13H,4-7H2,1-3H3,(H,14,16)(H,15,19)/t8-/m0/s1. The number of carbonyl (C=O) groups is 4. The normalized spacial score (nSPS) is 11.2. The fourth-order valence-electron chi connectivity index (χ4n) is 1.37. The summed E-state index contributed by atoms with van der Waals surface area (Å²) in [5, 5.41) is 7.49. The summed E-state index contributed by atoms with van der Waals surface area (Å²) in [5.41, 5.74) is 0. The van der Waals surface area contributed by atoms with Crippen molar-refractivity contribution in [2.24, 2.45) is 0 Å². The van der Waals surface area contributed by atoms with Crippen LogP contribution in [0.25, 0.3) is 0 Å². The molecule has 0 aliphatic rings. The first-order chi connectivity index (χ1) is 9.94. The molecular formula is C12H21N3O6. The molecule has 120 valence electrons. The number of hydrogen-bond acceptors (Lipinski definition) is 7. The van der Waals surface area contributed by atoms with E-state index in [-0.39, 0.29) is 31.8 Å². The van der Waals surface area contributed by atoms with Crippen LogP contribution in [-0.4, -0.2) is 64.2 Å². The van der Waals surface area contributed by atoms with Gasteiger partial charge in [-0.25, -0.2) is 0 Å². The van der Waals surface area contributed by atoms with Crippen molar-refractivity contribution in [3.8, 4) is 0 Å². The van der Waals surface area contributed by atoms with Crippen molar-refractivity contribution in [1.82, 2.24) is 16.0 Å². The topological polar surface area (TPSA) is 123 Å². The quantitative estimate of drug-likeness (QED) is 0.418. The van der Waals surface area contributed by atoms with Gasteiger partial charge in [0.2, 0.25) is 11.8 Å². The van der Waals surface area contributed by atoms with Gasteiger partial charge in [0.15, 0.2) is 0 Å². The Hall–Kier alpha value is -2.16. The summed E-state index contributed by atoms with van der Waals surface area (Å²) in [6.07, 6.45) is 0.269. The second kappa shape index (κ2) is 10.6. The number of ether oxygens (including phenoxy) is 2. The van der Waals surface area contributed by atoms with Crippen molar-refractivity contribution in [1.29, 1.82) is 0 Å². The molecular weight excluding hydrogens is 282 g/mol. The smallest absolute Gasteiger partial charge is 0.325 e. The van der Waals surface area contributed by atoms with Crippen LogP contribution in [0.4, 0.5) is 0 Å². The van der Waals surface area contributed by atoms with Crippen molar-refractivity contribution in [3.05, 3.63) is 0 Å². The molecule has 0 heterocycles. The van der Waals surface area contributed by atoms with Gasteiger partial charge in [0.1, 0.15) is 13.1 Å². The van der Waals surface area contributed by atoms with Crippen molar-refractivity contribution in [2.75, 3.05) is 34.4 Å². The monoisotopic (exact) mass is 303 g/mol. The zero-order chi connectivity index (χ0) is 16.3. The average Bonchev–Trinajstić information content (AvgIpc) is 2.50. The van der Waals surface area contributed by atoms with Crippen molar-refractivity contribution in [3.63, 3.8) is 0 Å². The maximum absolute atomic E-state index is 11.7. The van der Waals surface area contributed by atoms with E-state index in [4.69, 9.17) is 0 Å². The molecule has 0 saturated heterocycles. The molecule has 0 spiro atoms. The summed E-state index contributed by atoms with van der Waals surface area (Å²) in [6.45, 7) is -0.448. The molecule has 0 unspecified atom stereocenters. The zero-order valence-corrected chi connectivity index (χ0v) is 12.4. The van der Waals surface area contributed by atoms with E-state index in [1.54, 1.807) is 7.05 Å². The van der Waals surface area contributed by atoms with E-state index in [0.29, 0.717) is 0 Å². The van der Waals surface area contributed by atoms with Gasteiger partial charge in [-0.3, -0.25) is 19.2 Å². The molecule has 0 fully saturated rings. The van der Waals surface area contributed by atoms with Gasteiger partial charge in [-0.1, -0.05) is 0 Å². The molecule has 9 heteroatoms. The van der Waals surface area contributed by atoms with Crippen molar-refractivity contribution in [2.45, 2.75) is 18.9 Å². The lowest BCUT2D eigenvalue weighted by molar-refractivity contribution is -0.141. The number of likely N-dealkylation sites (N-methyl/N-ethyl adjacent to an activating group) is 1. The minimum atomic E-state index is -0.626. The summed E-state index contributed by atoms with van der Waals surface area (Å²) >= 11 is 0. The van der Waals surface area contributed by atoms with Gasteiger partial charge in [-0.2, -0.15) is 0 Å². The number of carbonyl (C=O) groups excluding carboxylic acids is 4. The highest BCUT2D eigenvalue weighted by Crippen LogP contribution is 1.97. The van der Waals surface area contributed by atoms with Gasteiger partial charge in [-0.05, 0) is 13.5 Å². The second-order valence-electron chi connectivity index (χ2n) is 4.03. The molecule has 21 heavy (non-hydrogen) atoms. The van der Waals surface area contributed by atoms with E-state index in [9.17, 15) is 19.2 Å². The maximum atomic E-state index is 11.7. The van der Waals surface area contributed by atoms with Gasteiger partial charge in [0, 0.05) is 6.42 Å². The maximum Gasteiger partial charge on any atom is 0.325 e. The van der Waals surface area contributed by atoms with Crippen LogP contribution in [0.5, 0.6) is 0 Å². The zero-order valence-electron chi connectivity index (χ0n) is 12.4. The molecule has 0 saturated carbocycles. The Bertz CT molecular complexity index is 385. The van der Waals surface area contributed by atoms with Gasteiger partial charge in [-0.15, -0.1) is 0 Å². The summed E-state index contributed by atoms with van der Waals surface area (Å²) in [5.74, 6) is -1.90. The number of methoxy groups -OCH3 is 2. The van der Waals surface area contributed by atoms with Crippen LogP contribution in [0.2, 0.25) is 0 Å². The molecule has 0 aliphatic heterocycles. The second-order valence-corrected chi connectivity index (χ2v) is 4.03. The van der Waals surface area contributed by atoms with Crippen LogP contribution in [0.15, 0.2) is 0 Å². The SMILES string of the molecule is CN[C@@H](CCC(=O)NCC(=O)OC)C(=O)NCC(=O)OC. The predicted molar refractivity (Wildman–Crippen MR) is 72.1 cm³/mol. The van der Waals surface area contributed by atoms with Crippen LogP contribution in [0.1, 0.15) is 12.8 Å². The van der Waals surface area contributed by atoms with E-state index in [1.807, 2.05) is 0 Å². The third-order valence-electron chi connectivity index (χ3n) is 2.62. The number of nitrogens with one attached hydrogen (secondary N) is 3. The van der Waals surface area contributed by atoms with Gasteiger partial charge < -0.3 is 25.4 Å². The van der Waals surface area contributed by atoms with Gasteiger partial charge >= 0.3 is 11.9 Å². The first-order valence-electron chi connectivity index (χ1n) is 6.29. The molecule has 9 nitrogen and oxygen atoms in total. The molecule has 2 amide bonds. The lowest BCUT2D eigenvalue weighted by Gasteiger charge is -2.15. The molecule has 0 rings (SSSR count). The molecule has 0 bridgehead atoms. The average molecular weight is 303 g/mol. The highest BCUT2D eigenvalue weighted by atomic mass is 16.5. The molecule has 1 atom stereocenters. The fourth-order valence-corrected chi connectivity index (χ4v) is 1.37. The summed E-state index contributed by atoms with van der Waals surface area (Å²) in [7, 11) is 4.00. The number of rotatable bonds is 9. The Morgan fingerprint density at radius 3 is 1.95 bits per heavy atom. The lowest BCUT2D eigenvalue weighted by atomic mass is 10.1. The van der Waals surface area contributed by atoms with Crippen LogP contribution in [0.3, 0.4) is 0 Å². The van der Waals surface area contributed by atoms with Crippen molar-refractivity contribution < 1.29 is 28.7 Å². The van der Waals surface area contributed by atoms with E-state index in [1.165, 1.54) is 14.2 Å². The number of esters is 2. The van der Waals surface area contributed by atoms with E-state index in [2.05, 4.69) is 25.4 Å².